The Kier molecular flexibility index (Phi) is 11.1. The molecule has 0 N–H and O–H groups in total. The molecule has 3 rings (SSSR count). The summed E-state index contributed by atoms with van der Waals surface area (Å²) in [5, 5.41) is 0. The van der Waals surface area contributed by atoms with Crippen LogP contribution in [0.3, 0.4) is 0 Å². The van der Waals surface area contributed by atoms with E-state index in [1.54, 1.807) is 43.2 Å². The first-order chi connectivity index (χ1) is 15.6. The van der Waals surface area contributed by atoms with Crippen molar-refractivity contribution in [2.24, 2.45) is 20.0 Å². The number of ketones is 2. The van der Waals surface area contributed by atoms with Crippen LogP contribution in [0.4, 0.5) is 0 Å². The van der Waals surface area contributed by atoms with Gasteiger partial charge in [-0.05, 0) is 31.9 Å². The van der Waals surface area contributed by atoms with Crippen LogP contribution in [0, 0.1) is 5.92 Å². The van der Waals surface area contributed by atoms with E-state index in [2.05, 4.69) is 9.97 Å². The Bertz CT molecular complexity index is 1170. The van der Waals surface area contributed by atoms with Gasteiger partial charge in [0.15, 0.2) is 16.9 Å². The van der Waals surface area contributed by atoms with Gasteiger partial charge >= 0.3 is 5.69 Å². The van der Waals surface area contributed by atoms with Crippen LogP contribution in [-0.4, -0.2) is 35.2 Å². The molecule has 0 radical (unpaired) electrons. The van der Waals surface area contributed by atoms with Crippen molar-refractivity contribution in [3.63, 3.8) is 0 Å². The van der Waals surface area contributed by atoms with Crippen molar-refractivity contribution in [3.8, 4) is 0 Å². The number of aromatic nitrogens is 5. The third-order valence-electron chi connectivity index (χ3n) is 4.97. The quantitative estimate of drug-likeness (QED) is 0.398. The Balaban J connectivity index is 0.000000412. The highest BCUT2D eigenvalue weighted by molar-refractivity contribution is 5.93. The van der Waals surface area contributed by atoms with E-state index in [1.807, 2.05) is 27.7 Å². The lowest BCUT2D eigenvalue weighted by molar-refractivity contribution is -0.122. The molecule has 0 saturated heterocycles. The number of imidazole rings is 1. The average Bonchev–Trinajstić information content (AvgIpc) is 3.21. The normalized spacial score (nSPS) is 10.3. The largest absolute Gasteiger partial charge is 0.332 e. The molecule has 0 aliphatic rings. The van der Waals surface area contributed by atoms with Crippen LogP contribution < -0.4 is 11.2 Å². The molecule has 3 aromatic rings. The summed E-state index contributed by atoms with van der Waals surface area (Å²) in [7, 11) is 3.34. The molecular weight excluding hydrogens is 422 g/mol. The SMILES string of the molecule is CC.CC(=O)c1cccnc1.CC(C)C(=O)CCCCn1c(=O)c2c(ncn2C)n(C)c1=O. The summed E-state index contributed by atoms with van der Waals surface area (Å²) in [6, 6.07) is 3.49. The number of hydrogen-bond acceptors (Lipinski definition) is 6. The summed E-state index contributed by atoms with van der Waals surface area (Å²) in [6.07, 6.45) is 6.51. The standard InChI is InChI=1S/C15H22N4O3.C7H7NO.C2H6/c1-10(2)11(20)7-5-6-8-19-14(21)12-13(16-9-17(12)3)18(4)15(19)22;1-6(9)7-3-2-4-8-5-7;1-2/h9-10H,5-8H2,1-4H3;2-5H,1H3;1-2H3. The third kappa shape index (κ3) is 7.34. The first-order valence-electron chi connectivity index (χ1n) is 11.2. The zero-order valence-corrected chi connectivity index (χ0v) is 20.7. The summed E-state index contributed by atoms with van der Waals surface area (Å²) in [4.78, 5) is 54.8. The number of pyridine rings is 1. The van der Waals surface area contributed by atoms with Crippen LogP contribution in [0.25, 0.3) is 11.2 Å². The topological polar surface area (TPSA) is 109 Å². The number of carbonyl (C=O) groups is 2. The van der Waals surface area contributed by atoms with Crippen LogP contribution in [0.15, 0.2) is 40.4 Å². The number of hydrogen-bond donors (Lipinski definition) is 0. The van der Waals surface area contributed by atoms with E-state index in [-0.39, 0.29) is 28.7 Å². The van der Waals surface area contributed by atoms with Gasteiger partial charge in [-0.15, -0.1) is 0 Å². The molecule has 0 amide bonds. The number of rotatable bonds is 7. The summed E-state index contributed by atoms with van der Waals surface area (Å²) in [6.45, 7) is 9.59. The number of unbranched alkanes of at least 4 members (excludes halogenated alkanes) is 1. The fourth-order valence-electron chi connectivity index (χ4n) is 3.02. The number of carbonyl (C=O) groups excluding carboxylic acids is 2. The van der Waals surface area contributed by atoms with Crippen molar-refractivity contribution in [1.29, 1.82) is 0 Å². The van der Waals surface area contributed by atoms with Gasteiger partial charge in [0.05, 0.1) is 6.33 Å². The van der Waals surface area contributed by atoms with Gasteiger partial charge in [-0.1, -0.05) is 27.7 Å². The van der Waals surface area contributed by atoms with E-state index in [0.29, 0.717) is 42.5 Å². The molecule has 0 aliphatic heterocycles. The van der Waals surface area contributed by atoms with E-state index < -0.39 is 0 Å². The van der Waals surface area contributed by atoms with Crippen molar-refractivity contribution in [2.45, 2.75) is 60.4 Å². The van der Waals surface area contributed by atoms with Crippen LogP contribution >= 0.6 is 0 Å². The number of aryl methyl sites for hydroxylation is 2. The Hall–Kier alpha value is -3.36. The van der Waals surface area contributed by atoms with Gasteiger partial charge in [0.25, 0.3) is 5.56 Å². The van der Waals surface area contributed by atoms with Crippen LogP contribution in [0.5, 0.6) is 0 Å². The highest BCUT2D eigenvalue weighted by atomic mass is 16.2. The van der Waals surface area contributed by atoms with Crippen LogP contribution in [0.1, 0.15) is 64.2 Å². The second-order valence-corrected chi connectivity index (χ2v) is 7.70. The predicted molar refractivity (Wildman–Crippen MR) is 130 cm³/mol. The first kappa shape index (κ1) is 27.7. The molecule has 0 unspecified atom stereocenters. The highest BCUT2D eigenvalue weighted by Gasteiger charge is 2.14. The lowest BCUT2D eigenvalue weighted by atomic mass is 10.0. The second kappa shape index (κ2) is 13.2. The minimum absolute atomic E-state index is 0.0291. The van der Waals surface area contributed by atoms with Crippen molar-refractivity contribution in [1.82, 2.24) is 23.7 Å². The monoisotopic (exact) mass is 457 g/mol. The Morgan fingerprint density at radius 2 is 1.76 bits per heavy atom. The van der Waals surface area contributed by atoms with Crippen molar-refractivity contribution >= 4 is 22.7 Å². The maximum absolute atomic E-state index is 12.4. The Morgan fingerprint density at radius 1 is 1.09 bits per heavy atom. The molecule has 0 aromatic carbocycles. The van der Waals surface area contributed by atoms with Crippen molar-refractivity contribution < 1.29 is 9.59 Å². The molecule has 0 spiro atoms. The Morgan fingerprint density at radius 3 is 2.27 bits per heavy atom. The summed E-state index contributed by atoms with van der Waals surface area (Å²) in [5.41, 5.74) is 0.779. The average molecular weight is 458 g/mol. The van der Waals surface area contributed by atoms with Crippen molar-refractivity contribution in [3.05, 3.63) is 57.3 Å². The van der Waals surface area contributed by atoms with E-state index in [9.17, 15) is 19.2 Å². The molecule has 33 heavy (non-hydrogen) atoms. The number of nitrogens with zero attached hydrogens (tertiary/aromatic N) is 5. The summed E-state index contributed by atoms with van der Waals surface area (Å²) in [5.74, 6) is 0.298. The van der Waals surface area contributed by atoms with Gasteiger partial charge in [0, 0.05) is 50.9 Å². The van der Waals surface area contributed by atoms with Crippen LogP contribution in [0.2, 0.25) is 0 Å². The highest BCUT2D eigenvalue weighted by Crippen LogP contribution is 2.06. The molecule has 0 aliphatic carbocycles. The minimum Gasteiger partial charge on any atom is -0.328 e. The van der Waals surface area contributed by atoms with Gasteiger partial charge in [-0.25, -0.2) is 9.78 Å². The van der Waals surface area contributed by atoms with Gasteiger partial charge < -0.3 is 4.57 Å². The number of fused-ring (bicyclic) bond motifs is 1. The van der Waals surface area contributed by atoms with Crippen LogP contribution in [-0.2, 0) is 25.4 Å². The molecular formula is C24H35N5O4. The molecule has 9 nitrogen and oxygen atoms in total. The molecule has 0 atom stereocenters. The minimum atomic E-state index is -0.369. The van der Waals surface area contributed by atoms with Gasteiger partial charge in [0.2, 0.25) is 0 Å². The Labute approximate surface area is 194 Å². The van der Waals surface area contributed by atoms with E-state index in [1.165, 1.54) is 22.4 Å². The van der Waals surface area contributed by atoms with Gasteiger partial charge in [-0.3, -0.25) is 28.5 Å². The lowest BCUT2D eigenvalue weighted by Gasteiger charge is -2.09. The lowest BCUT2D eigenvalue weighted by Crippen LogP contribution is -2.39. The van der Waals surface area contributed by atoms with Gasteiger partial charge in [0.1, 0.15) is 5.78 Å². The van der Waals surface area contributed by atoms with Crippen molar-refractivity contribution in [2.75, 3.05) is 0 Å². The second-order valence-electron chi connectivity index (χ2n) is 7.70. The molecule has 0 bridgehead atoms. The molecule has 3 aromatic heterocycles. The zero-order valence-electron chi connectivity index (χ0n) is 20.7. The van der Waals surface area contributed by atoms with E-state index >= 15 is 0 Å². The maximum Gasteiger partial charge on any atom is 0.332 e. The van der Waals surface area contributed by atoms with E-state index in [4.69, 9.17) is 0 Å². The summed E-state index contributed by atoms with van der Waals surface area (Å²) < 4.78 is 4.23. The third-order valence-corrected chi connectivity index (χ3v) is 4.97. The molecule has 9 heteroatoms. The fraction of sp³-hybridized carbons (Fsp3) is 0.500. The first-order valence-corrected chi connectivity index (χ1v) is 11.2. The summed E-state index contributed by atoms with van der Waals surface area (Å²) >= 11 is 0. The molecule has 3 heterocycles. The van der Waals surface area contributed by atoms with Gasteiger partial charge in [-0.2, -0.15) is 0 Å². The fourth-order valence-corrected chi connectivity index (χ4v) is 3.02. The predicted octanol–water partition coefficient (Wildman–Crippen LogP) is 3.14. The number of Topliss-reactive ketones (excluding diaryl/α,β-unsaturated/α-hetero) is 2. The maximum atomic E-state index is 12.4. The van der Waals surface area contributed by atoms with E-state index in [0.717, 1.165) is 0 Å². The zero-order chi connectivity index (χ0) is 25.1. The molecule has 0 fully saturated rings. The molecule has 0 saturated carbocycles. The molecule has 180 valence electrons. The smallest absolute Gasteiger partial charge is 0.328 e.